The molecule has 2 atom stereocenters. The zero-order valence-corrected chi connectivity index (χ0v) is 13.3. The third-order valence-corrected chi connectivity index (χ3v) is 4.18. The maximum atomic E-state index is 6.31. The van der Waals surface area contributed by atoms with E-state index in [0.717, 1.165) is 24.3 Å². The molecule has 2 rings (SSSR count). The molecule has 0 bridgehead atoms. The normalized spacial score (nSPS) is 25.2. The van der Waals surface area contributed by atoms with Gasteiger partial charge in [-0.2, -0.15) is 0 Å². The second kappa shape index (κ2) is 6.04. The SMILES string of the molecule is CNC1CC(C)(CCC(C)C)Oc2ccc(OC)cc21. The van der Waals surface area contributed by atoms with Crippen LogP contribution in [-0.4, -0.2) is 19.8 Å². The van der Waals surface area contributed by atoms with Crippen molar-refractivity contribution in [2.75, 3.05) is 14.2 Å². The second-order valence-electron chi connectivity index (χ2n) is 6.43. The molecule has 0 spiro atoms. The van der Waals surface area contributed by atoms with Crippen molar-refractivity contribution in [3.63, 3.8) is 0 Å². The Hall–Kier alpha value is -1.22. The highest BCUT2D eigenvalue weighted by Gasteiger charge is 2.36. The van der Waals surface area contributed by atoms with E-state index in [4.69, 9.17) is 9.47 Å². The fourth-order valence-electron chi connectivity index (χ4n) is 2.87. The van der Waals surface area contributed by atoms with E-state index < -0.39 is 0 Å². The minimum atomic E-state index is -0.0838. The smallest absolute Gasteiger partial charge is 0.125 e. The largest absolute Gasteiger partial charge is 0.497 e. The van der Waals surface area contributed by atoms with Crippen molar-refractivity contribution in [3.8, 4) is 11.5 Å². The lowest BCUT2D eigenvalue weighted by Gasteiger charge is -2.40. The Morgan fingerprint density at radius 2 is 2.20 bits per heavy atom. The van der Waals surface area contributed by atoms with E-state index in [1.54, 1.807) is 7.11 Å². The van der Waals surface area contributed by atoms with Crippen molar-refractivity contribution in [2.45, 2.75) is 51.7 Å². The highest BCUT2D eigenvalue weighted by atomic mass is 16.5. The summed E-state index contributed by atoms with van der Waals surface area (Å²) in [5, 5.41) is 3.42. The lowest BCUT2D eigenvalue weighted by molar-refractivity contribution is 0.0358. The fourth-order valence-corrected chi connectivity index (χ4v) is 2.87. The van der Waals surface area contributed by atoms with E-state index >= 15 is 0 Å². The number of fused-ring (bicyclic) bond motifs is 1. The first kappa shape index (κ1) is 15.2. The Kier molecular flexibility index (Phi) is 4.59. The van der Waals surface area contributed by atoms with E-state index in [0.29, 0.717) is 12.0 Å². The first-order valence-corrected chi connectivity index (χ1v) is 7.51. The number of hydrogen-bond donors (Lipinski definition) is 1. The lowest BCUT2D eigenvalue weighted by Crippen LogP contribution is -2.41. The Morgan fingerprint density at radius 1 is 1.45 bits per heavy atom. The molecule has 1 aliphatic heterocycles. The maximum absolute atomic E-state index is 6.31. The van der Waals surface area contributed by atoms with Gasteiger partial charge in [0.1, 0.15) is 17.1 Å². The lowest BCUT2D eigenvalue weighted by atomic mass is 9.84. The molecule has 0 saturated carbocycles. The minimum Gasteiger partial charge on any atom is -0.497 e. The van der Waals surface area contributed by atoms with Crippen molar-refractivity contribution in [2.24, 2.45) is 5.92 Å². The van der Waals surface area contributed by atoms with Crippen LogP contribution in [0, 0.1) is 5.92 Å². The number of benzene rings is 1. The summed E-state index contributed by atoms with van der Waals surface area (Å²) in [5.41, 5.74) is 1.12. The van der Waals surface area contributed by atoms with Gasteiger partial charge in [0.15, 0.2) is 0 Å². The average Bonchev–Trinajstić information content (AvgIpc) is 2.44. The molecule has 2 unspecified atom stereocenters. The molecule has 1 aromatic rings. The summed E-state index contributed by atoms with van der Waals surface area (Å²) in [6.45, 7) is 6.76. The Balaban J connectivity index is 2.24. The van der Waals surface area contributed by atoms with E-state index in [-0.39, 0.29) is 5.60 Å². The Morgan fingerprint density at radius 3 is 2.80 bits per heavy atom. The van der Waals surface area contributed by atoms with Gasteiger partial charge >= 0.3 is 0 Å². The average molecular weight is 277 g/mol. The van der Waals surface area contributed by atoms with Crippen molar-refractivity contribution < 1.29 is 9.47 Å². The summed E-state index contributed by atoms with van der Waals surface area (Å²) in [7, 11) is 3.72. The zero-order chi connectivity index (χ0) is 14.8. The molecule has 0 aromatic heterocycles. The van der Waals surface area contributed by atoms with Gasteiger partial charge in [-0.15, -0.1) is 0 Å². The van der Waals surface area contributed by atoms with Crippen molar-refractivity contribution in [3.05, 3.63) is 23.8 Å². The van der Waals surface area contributed by atoms with Crippen LogP contribution < -0.4 is 14.8 Å². The third kappa shape index (κ3) is 3.26. The van der Waals surface area contributed by atoms with Crippen LogP contribution in [0.5, 0.6) is 11.5 Å². The van der Waals surface area contributed by atoms with Gasteiger partial charge in [-0.3, -0.25) is 0 Å². The van der Waals surface area contributed by atoms with Crippen molar-refractivity contribution in [1.29, 1.82) is 0 Å². The topological polar surface area (TPSA) is 30.5 Å². The van der Waals surface area contributed by atoms with Crippen LogP contribution >= 0.6 is 0 Å². The fraction of sp³-hybridized carbons (Fsp3) is 0.647. The van der Waals surface area contributed by atoms with E-state index in [1.165, 1.54) is 12.0 Å². The molecule has 1 aliphatic rings. The van der Waals surface area contributed by atoms with Crippen molar-refractivity contribution >= 4 is 0 Å². The molecular weight excluding hydrogens is 250 g/mol. The predicted octanol–water partition coefficient (Wildman–Crippen LogP) is 3.93. The summed E-state index contributed by atoms with van der Waals surface area (Å²) in [5.74, 6) is 2.58. The molecular formula is C17H27NO2. The molecule has 20 heavy (non-hydrogen) atoms. The molecule has 0 amide bonds. The van der Waals surface area contributed by atoms with Crippen LogP contribution in [0.3, 0.4) is 0 Å². The number of nitrogens with one attached hydrogen (secondary N) is 1. The van der Waals surface area contributed by atoms with Gasteiger partial charge in [-0.05, 0) is 50.9 Å². The van der Waals surface area contributed by atoms with Gasteiger partial charge < -0.3 is 14.8 Å². The Labute approximate surface area is 122 Å². The summed E-state index contributed by atoms with van der Waals surface area (Å²) in [6, 6.07) is 6.41. The first-order valence-electron chi connectivity index (χ1n) is 7.51. The van der Waals surface area contributed by atoms with Gasteiger partial charge in [0, 0.05) is 18.0 Å². The van der Waals surface area contributed by atoms with Crippen LogP contribution in [0.25, 0.3) is 0 Å². The van der Waals surface area contributed by atoms with Gasteiger partial charge in [-0.25, -0.2) is 0 Å². The summed E-state index contributed by atoms with van der Waals surface area (Å²) >= 11 is 0. The summed E-state index contributed by atoms with van der Waals surface area (Å²) in [4.78, 5) is 0. The first-order chi connectivity index (χ1) is 9.47. The van der Waals surface area contributed by atoms with E-state index in [9.17, 15) is 0 Å². The molecule has 3 nitrogen and oxygen atoms in total. The quantitative estimate of drug-likeness (QED) is 0.884. The highest BCUT2D eigenvalue weighted by molar-refractivity contribution is 5.44. The molecule has 1 aromatic carbocycles. The minimum absolute atomic E-state index is 0.0838. The van der Waals surface area contributed by atoms with Crippen molar-refractivity contribution in [1.82, 2.24) is 5.32 Å². The molecule has 1 N–H and O–H groups in total. The van der Waals surface area contributed by atoms with Crippen LogP contribution in [0.2, 0.25) is 0 Å². The number of methoxy groups -OCH3 is 1. The van der Waals surface area contributed by atoms with Gasteiger partial charge in [0.2, 0.25) is 0 Å². The molecule has 0 aliphatic carbocycles. The second-order valence-corrected chi connectivity index (χ2v) is 6.43. The monoisotopic (exact) mass is 277 g/mol. The molecule has 0 fully saturated rings. The number of rotatable bonds is 5. The highest BCUT2D eigenvalue weighted by Crippen LogP contribution is 2.43. The van der Waals surface area contributed by atoms with Crippen LogP contribution in [0.4, 0.5) is 0 Å². The van der Waals surface area contributed by atoms with Gasteiger partial charge in [0.25, 0.3) is 0 Å². The Bertz CT molecular complexity index is 458. The molecule has 0 saturated heterocycles. The maximum Gasteiger partial charge on any atom is 0.125 e. The third-order valence-electron chi connectivity index (χ3n) is 4.18. The predicted molar refractivity (Wildman–Crippen MR) is 82.5 cm³/mol. The van der Waals surface area contributed by atoms with E-state index in [2.05, 4.69) is 32.2 Å². The van der Waals surface area contributed by atoms with Gasteiger partial charge in [0.05, 0.1) is 7.11 Å². The molecule has 0 radical (unpaired) electrons. The standard InChI is InChI=1S/C17H27NO2/c1-12(2)8-9-17(3)11-15(18-4)14-10-13(19-5)6-7-16(14)20-17/h6-7,10,12,15,18H,8-9,11H2,1-5H3. The van der Waals surface area contributed by atoms with E-state index in [1.807, 2.05) is 19.2 Å². The van der Waals surface area contributed by atoms with Crippen LogP contribution in [-0.2, 0) is 0 Å². The summed E-state index contributed by atoms with van der Waals surface area (Å²) in [6.07, 6.45) is 3.28. The van der Waals surface area contributed by atoms with Crippen LogP contribution in [0.15, 0.2) is 18.2 Å². The summed E-state index contributed by atoms with van der Waals surface area (Å²) < 4.78 is 11.6. The zero-order valence-electron chi connectivity index (χ0n) is 13.3. The molecule has 3 heteroatoms. The van der Waals surface area contributed by atoms with Gasteiger partial charge in [-0.1, -0.05) is 13.8 Å². The van der Waals surface area contributed by atoms with Crippen LogP contribution in [0.1, 0.15) is 51.6 Å². The molecule has 112 valence electrons. The molecule has 1 heterocycles. The number of ether oxygens (including phenoxy) is 2. The number of hydrogen-bond acceptors (Lipinski definition) is 3.